The summed E-state index contributed by atoms with van der Waals surface area (Å²) in [6.07, 6.45) is 5.30. The Morgan fingerprint density at radius 1 is 1.17 bits per heavy atom. The number of benzene rings is 1. The number of para-hydroxylation sites is 1. The minimum absolute atomic E-state index is 0.178. The van der Waals surface area contributed by atoms with Crippen molar-refractivity contribution in [2.45, 2.75) is 25.7 Å². The molecule has 3 rings (SSSR count). The molecule has 24 heavy (non-hydrogen) atoms. The predicted octanol–water partition coefficient (Wildman–Crippen LogP) is 1.40. The third kappa shape index (κ3) is 3.98. The summed E-state index contributed by atoms with van der Waals surface area (Å²) in [5.74, 6) is -0.101. The Bertz CT molecular complexity index is 698. The number of aromatic nitrogens is 3. The molecule has 7 nitrogen and oxygen atoms in total. The normalized spacial score (nSPS) is 15.2. The second kappa shape index (κ2) is 7.72. The van der Waals surface area contributed by atoms with E-state index in [0.29, 0.717) is 19.5 Å². The molecule has 2 amide bonds. The molecule has 1 saturated heterocycles. The van der Waals surface area contributed by atoms with E-state index in [1.165, 1.54) is 0 Å². The molecule has 0 saturated carbocycles. The fraction of sp³-hybridized carbons (Fsp3) is 0.412. The Balaban J connectivity index is 1.52. The van der Waals surface area contributed by atoms with Crippen LogP contribution >= 0.6 is 0 Å². The first-order valence-electron chi connectivity index (χ1n) is 8.28. The van der Waals surface area contributed by atoms with Crippen LogP contribution in [-0.2, 0) is 4.79 Å². The van der Waals surface area contributed by atoms with Crippen LogP contribution in [0.4, 0.5) is 0 Å². The van der Waals surface area contributed by atoms with E-state index in [4.69, 9.17) is 0 Å². The lowest BCUT2D eigenvalue weighted by Crippen LogP contribution is -2.38. The summed E-state index contributed by atoms with van der Waals surface area (Å²) >= 11 is 0. The quantitative estimate of drug-likeness (QED) is 0.900. The van der Waals surface area contributed by atoms with Crippen LogP contribution < -0.4 is 5.32 Å². The Morgan fingerprint density at radius 3 is 2.83 bits per heavy atom. The molecule has 1 aliphatic rings. The van der Waals surface area contributed by atoms with Gasteiger partial charge in [-0.3, -0.25) is 9.59 Å². The van der Waals surface area contributed by atoms with Gasteiger partial charge in [0.25, 0.3) is 5.91 Å². The molecule has 0 unspecified atom stereocenters. The van der Waals surface area contributed by atoms with E-state index in [1.54, 1.807) is 10.9 Å². The lowest BCUT2D eigenvalue weighted by atomic mass is 10.2. The van der Waals surface area contributed by atoms with E-state index >= 15 is 0 Å². The van der Waals surface area contributed by atoms with E-state index in [2.05, 4.69) is 15.6 Å². The van der Waals surface area contributed by atoms with Gasteiger partial charge in [0, 0.05) is 26.1 Å². The largest absolute Gasteiger partial charge is 0.349 e. The van der Waals surface area contributed by atoms with Crippen LogP contribution in [0.5, 0.6) is 0 Å². The van der Waals surface area contributed by atoms with Crippen molar-refractivity contribution < 1.29 is 9.59 Å². The number of rotatable bonds is 5. The van der Waals surface area contributed by atoms with Gasteiger partial charge in [0.2, 0.25) is 5.91 Å². The molecule has 1 N–H and O–H groups in total. The SMILES string of the molecule is O=C(NCCN1CCCCCC1=O)c1cn(-c2ccccc2)nn1. The van der Waals surface area contributed by atoms with Gasteiger partial charge in [0.15, 0.2) is 5.69 Å². The lowest BCUT2D eigenvalue weighted by molar-refractivity contribution is -0.130. The van der Waals surface area contributed by atoms with Crippen molar-refractivity contribution in [1.82, 2.24) is 25.2 Å². The first kappa shape index (κ1) is 16.2. The van der Waals surface area contributed by atoms with Crippen molar-refractivity contribution in [2.24, 2.45) is 0 Å². The number of hydrogen-bond donors (Lipinski definition) is 1. The van der Waals surface area contributed by atoms with E-state index < -0.39 is 0 Å². The van der Waals surface area contributed by atoms with Crippen LogP contribution in [0.1, 0.15) is 36.2 Å². The number of nitrogens with one attached hydrogen (secondary N) is 1. The van der Waals surface area contributed by atoms with Crippen molar-refractivity contribution in [3.05, 3.63) is 42.2 Å². The Kier molecular flexibility index (Phi) is 5.20. The number of carbonyl (C=O) groups is 2. The highest BCUT2D eigenvalue weighted by molar-refractivity contribution is 5.91. The van der Waals surface area contributed by atoms with Crippen LogP contribution in [0.15, 0.2) is 36.5 Å². The summed E-state index contributed by atoms with van der Waals surface area (Å²) in [5, 5.41) is 10.7. The fourth-order valence-electron chi connectivity index (χ4n) is 2.74. The van der Waals surface area contributed by atoms with Crippen LogP contribution in [0, 0.1) is 0 Å². The van der Waals surface area contributed by atoms with Crippen molar-refractivity contribution in [3.8, 4) is 5.69 Å². The number of carbonyl (C=O) groups excluding carboxylic acids is 2. The van der Waals surface area contributed by atoms with Crippen LogP contribution in [0.3, 0.4) is 0 Å². The number of likely N-dealkylation sites (tertiary alicyclic amines) is 1. The van der Waals surface area contributed by atoms with Gasteiger partial charge in [-0.1, -0.05) is 29.8 Å². The Hall–Kier alpha value is -2.70. The highest BCUT2D eigenvalue weighted by atomic mass is 16.2. The standard InChI is InChI=1S/C17H21N5O2/c23-16-9-5-2-6-11-21(16)12-10-18-17(24)15-13-22(20-19-15)14-7-3-1-4-8-14/h1,3-4,7-8,13H,2,5-6,9-12H2,(H,18,24). The summed E-state index contributed by atoms with van der Waals surface area (Å²) < 4.78 is 1.56. The van der Waals surface area contributed by atoms with Gasteiger partial charge in [0.05, 0.1) is 11.9 Å². The maximum atomic E-state index is 12.2. The number of amides is 2. The maximum Gasteiger partial charge on any atom is 0.273 e. The molecule has 2 aromatic rings. The summed E-state index contributed by atoms with van der Waals surface area (Å²) in [7, 11) is 0. The minimum Gasteiger partial charge on any atom is -0.349 e. The molecule has 7 heteroatoms. The molecule has 1 aromatic heterocycles. The zero-order valence-electron chi connectivity index (χ0n) is 13.5. The molecule has 2 heterocycles. The summed E-state index contributed by atoms with van der Waals surface area (Å²) in [5.41, 5.74) is 1.11. The highest BCUT2D eigenvalue weighted by Gasteiger charge is 2.17. The highest BCUT2D eigenvalue weighted by Crippen LogP contribution is 2.10. The molecular formula is C17H21N5O2. The first-order valence-corrected chi connectivity index (χ1v) is 8.28. The minimum atomic E-state index is -0.278. The van der Waals surface area contributed by atoms with Gasteiger partial charge in [-0.15, -0.1) is 5.10 Å². The average Bonchev–Trinajstić information content (AvgIpc) is 3.02. The molecule has 1 fully saturated rings. The predicted molar refractivity (Wildman–Crippen MR) is 88.7 cm³/mol. The average molecular weight is 327 g/mol. The van der Waals surface area contributed by atoms with Crippen molar-refractivity contribution in [3.63, 3.8) is 0 Å². The summed E-state index contributed by atoms with van der Waals surface area (Å²) in [6.45, 7) is 1.74. The molecule has 0 aliphatic carbocycles. The fourth-order valence-corrected chi connectivity index (χ4v) is 2.74. The van der Waals surface area contributed by atoms with Gasteiger partial charge in [-0.2, -0.15) is 0 Å². The summed E-state index contributed by atoms with van der Waals surface area (Å²) in [6, 6.07) is 9.49. The van der Waals surface area contributed by atoms with Crippen molar-refractivity contribution in [1.29, 1.82) is 0 Å². The molecule has 1 aromatic carbocycles. The molecule has 0 bridgehead atoms. The van der Waals surface area contributed by atoms with Crippen LogP contribution in [0.25, 0.3) is 5.69 Å². The zero-order chi connectivity index (χ0) is 16.8. The Labute approximate surface area is 140 Å². The zero-order valence-corrected chi connectivity index (χ0v) is 13.5. The van der Waals surface area contributed by atoms with Crippen LogP contribution in [0.2, 0.25) is 0 Å². The van der Waals surface area contributed by atoms with Gasteiger partial charge in [-0.05, 0) is 25.0 Å². The molecular weight excluding hydrogens is 306 g/mol. The van der Waals surface area contributed by atoms with E-state index in [9.17, 15) is 9.59 Å². The smallest absolute Gasteiger partial charge is 0.273 e. The maximum absolute atomic E-state index is 12.2. The number of hydrogen-bond acceptors (Lipinski definition) is 4. The molecule has 1 aliphatic heterocycles. The van der Waals surface area contributed by atoms with Crippen molar-refractivity contribution >= 4 is 11.8 Å². The molecule has 126 valence electrons. The van der Waals surface area contributed by atoms with E-state index in [0.717, 1.165) is 31.5 Å². The monoisotopic (exact) mass is 327 g/mol. The summed E-state index contributed by atoms with van der Waals surface area (Å²) in [4.78, 5) is 25.9. The van der Waals surface area contributed by atoms with Gasteiger partial charge in [-0.25, -0.2) is 4.68 Å². The van der Waals surface area contributed by atoms with E-state index in [-0.39, 0.29) is 17.5 Å². The third-order valence-corrected chi connectivity index (χ3v) is 4.09. The van der Waals surface area contributed by atoms with Gasteiger partial charge < -0.3 is 10.2 Å². The molecule has 0 atom stereocenters. The molecule has 0 radical (unpaired) electrons. The van der Waals surface area contributed by atoms with Gasteiger partial charge in [0.1, 0.15) is 0 Å². The lowest BCUT2D eigenvalue weighted by Gasteiger charge is -2.20. The topological polar surface area (TPSA) is 80.1 Å². The number of nitrogens with zero attached hydrogens (tertiary/aromatic N) is 4. The first-order chi connectivity index (χ1) is 11.7. The van der Waals surface area contributed by atoms with Gasteiger partial charge >= 0.3 is 0 Å². The second-order valence-electron chi connectivity index (χ2n) is 5.83. The van der Waals surface area contributed by atoms with Crippen LogP contribution in [-0.4, -0.2) is 51.3 Å². The Morgan fingerprint density at radius 2 is 2.00 bits per heavy atom. The van der Waals surface area contributed by atoms with Crippen molar-refractivity contribution in [2.75, 3.05) is 19.6 Å². The third-order valence-electron chi connectivity index (χ3n) is 4.09. The second-order valence-corrected chi connectivity index (χ2v) is 5.83. The molecule has 0 spiro atoms. The van der Waals surface area contributed by atoms with E-state index in [1.807, 2.05) is 35.2 Å².